The van der Waals surface area contributed by atoms with Gasteiger partial charge < -0.3 is 10.8 Å². The van der Waals surface area contributed by atoms with Crippen LogP contribution in [0, 0.1) is 6.92 Å². The van der Waals surface area contributed by atoms with E-state index in [1.54, 1.807) is 22.8 Å². The number of rotatable bonds is 5. The molecule has 8 nitrogen and oxygen atoms in total. The first-order valence-electron chi connectivity index (χ1n) is 9.08. The number of pyridine rings is 3. The lowest BCUT2D eigenvalue weighted by Crippen LogP contribution is -2.13. The fourth-order valence-electron chi connectivity index (χ4n) is 3.34. The second-order valence-corrected chi connectivity index (χ2v) is 6.76. The minimum Gasteiger partial charge on any atom is -0.387 e. The zero-order chi connectivity index (χ0) is 19.8. The second-order valence-electron chi connectivity index (χ2n) is 6.76. The van der Waals surface area contributed by atoms with Crippen molar-refractivity contribution in [1.82, 2.24) is 24.6 Å². The highest BCUT2D eigenvalue weighted by molar-refractivity contribution is 5.95. The maximum Gasteiger partial charge on any atom is 0.267 e. The number of nitrogens with zero attached hydrogens (tertiary/aromatic N) is 5. The highest BCUT2D eigenvalue weighted by atomic mass is 16.3. The summed E-state index contributed by atoms with van der Waals surface area (Å²) in [6.45, 7) is 4.00. The molecule has 0 aromatic carbocycles. The largest absolute Gasteiger partial charge is 0.387 e. The van der Waals surface area contributed by atoms with Crippen LogP contribution in [0.1, 0.15) is 47.6 Å². The molecule has 0 aliphatic heterocycles. The standard InChI is InChI=1S/C20H20N6O2/c1-3-4-17(27)16-7-11(2)14(9-22-16)13-8-12-5-6-15(18(21)28)25-19(12)26-20(13)23-10-24-26/h5-10,17,27H,3-4H2,1-2H3,(H2,21,28)/t17-/m0/s1. The molecule has 4 heterocycles. The molecule has 0 aliphatic rings. The fraction of sp³-hybridized carbons (Fsp3) is 0.250. The van der Waals surface area contributed by atoms with Gasteiger partial charge in [0.05, 0.1) is 11.8 Å². The summed E-state index contributed by atoms with van der Waals surface area (Å²) in [5.41, 5.74) is 10.0. The minimum absolute atomic E-state index is 0.171. The Kier molecular flexibility index (Phi) is 4.48. The van der Waals surface area contributed by atoms with Crippen molar-refractivity contribution in [1.29, 1.82) is 0 Å². The van der Waals surface area contributed by atoms with Crippen LogP contribution in [0.25, 0.3) is 27.8 Å². The highest BCUT2D eigenvalue weighted by Crippen LogP contribution is 2.31. The zero-order valence-corrected chi connectivity index (χ0v) is 15.6. The van der Waals surface area contributed by atoms with E-state index in [0.717, 1.165) is 28.5 Å². The summed E-state index contributed by atoms with van der Waals surface area (Å²) < 4.78 is 1.59. The van der Waals surface area contributed by atoms with E-state index in [4.69, 9.17) is 5.73 Å². The normalized spacial score (nSPS) is 12.5. The smallest absolute Gasteiger partial charge is 0.267 e. The maximum absolute atomic E-state index is 11.5. The quantitative estimate of drug-likeness (QED) is 0.552. The Morgan fingerprint density at radius 2 is 2.04 bits per heavy atom. The summed E-state index contributed by atoms with van der Waals surface area (Å²) in [6, 6.07) is 7.23. The van der Waals surface area contributed by atoms with E-state index in [-0.39, 0.29) is 5.69 Å². The molecule has 0 saturated heterocycles. The molecule has 28 heavy (non-hydrogen) atoms. The van der Waals surface area contributed by atoms with Crippen molar-refractivity contribution >= 4 is 22.6 Å². The Hall–Kier alpha value is -3.39. The van der Waals surface area contributed by atoms with Gasteiger partial charge in [-0.15, -0.1) is 0 Å². The lowest BCUT2D eigenvalue weighted by Gasteiger charge is -2.13. The molecule has 0 unspecified atom stereocenters. The number of aliphatic hydroxyl groups excluding tert-OH is 1. The van der Waals surface area contributed by atoms with Crippen LogP contribution < -0.4 is 5.73 Å². The molecule has 3 N–H and O–H groups in total. The summed E-state index contributed by atoms with van der Waals surface area (Å²) >= 11 is 0. The summed E-state index contributed by atoms with van der Waals surface area (Å²) in [5.74, 6) is -0.597. The molecule has 4 rings (SSSR count). The Bertz CT molecular complexity index is 1200. The van der Waals surface area contributed by atoms with E-state index >= 15 is 0 Å². The number of fused-ring (bicyclic) bond motifs is 3. The second kappa shape index (κ2) is 6.97. The Morgan fingerprint density at radius 3 is 2.75 bits per heavy atom. The van der Waals surface area contributed by atoms with Gasteiger partial charge in [-0.3, -0.25) is 9.78 Å². The number of primary amides is 1. The number of carbonyl (C=O) groups is 1. The van der Waals surface area contributed by atoms with Crippen LogP contribution in [0.15, 0.2) is 36.8 Å². The molecule has 0 bridgehead atoms. The lowest BCUT2D eigenvalue weighted by atomic mass is 10.00. The first-order chi connectivity index (χ1) is 13.5. The number of nitrogens with two attached hydrogens (primary N) is 1. The first-order valence-corrected chi connectivity index (χ1v) is 9.08. The fourth-order valence-corrected chi connectivity index (χ4v) is 3.34. The third-order valence-electron chi connectivity index (χ3n) is 4.77. The van der Waals surface area contributed by atoms with Gasteiger partial charge in [-0.2, -0.15) is 9.61 Å². The summed E-state index contributed by atoms with van der Waals surface area (Å²) in [7, 11) is 0. The number of aliphatic hydroxyl groups is 1. The van der Waals surface area contributed by atoms with Crippen molar-refractivity contribution in [2.24, 2.45) is 5.73 Å². The van der Waals surface area contributed by atoms with Gasteiger partial charge in [0.1, 0.15) is 12.0 Å². The molecule has 4 aromatic rings. The summed E-state index contributed by atoms with van der Waals surface area (Å²) in [5, 5.41) is 15.3. The number of hydrogen-bond donors (Lipinski definition) is 2. The van der Waals surface area contributed by atoms with Crippen molar-refractivity contribution in [3.8, 4) is 11.1 Å². The van der Waals surface area contributed by atoms with Crippen LogP contribution in [-0.2, 0) is 0 Å². The number of aryl methyl sites for hydroxylation is 1. The molecule has 4 aromatic heterocycles. The van der Waals surface area contributed by atoms with Crippen LogP contribution in [0.4, 0.5) is 0 Å². The van der Waals surface area contributed by atoms with E-state index in [1.807, 2.05) is 26.0 Å². The van der Waals surface area contributed by atoms with E-state index in [9.17, 15) is 9.90 Å². The maximum atomic E-state index is 11.5. The van der Waals surface area contributed by atoms with Gasteiger partial charge in [0.15, 0.2) is 11.3 Å². The van der Waals surface area contributed by atoms with Gasteiger partial charge in [0.25, 0.3) is 5.91 Å². The molecular formula is C20H20N6O2. The molecule has 0 radical (unpaired) electrons. The van der Waals surface area contributed by atoms with Crippen molar-refractivity contribution in [3.63, 3.8) is 0 Å². The van der Waals surface area contributed by atoms with Gasteiger partial charge in [0, 0.05) is 22.7 Å². The molecule has 8 heteroatoms. The van der Waals surface area contributed by atoms with E-state index in [1.165, 1.54) is 6.33 Å². The number of amides is 1. The van der Waals surface area contributed by atoms with Crippen molar-refractivity contribution in [2.75, 3.05) is 0 Å². The molecule has 1 amide bonds. The van der Waals surface area contributed by atoms with Gasteiger partial charge in [0.2, 0.25) is 0 Å². The predicted molar refractivity (Wildman–Crippen MR) is 105 cm³/mol. The Balaban J connectivity index is 1.90. The van der Waals surface area contributed by atoms with E-state index in [2.05, 4.69) is 20.1 Å². The van der Waals surface area contributed by atoms with Gasteiger partial charge in [-0.25, -0.2) is 9.97 Å². The van der Waals surface area contributed by atoms with E-state index in [0.29, 0.717) is 23.4 Å². The highest BCUT2D eigenvalue weighted by Gasteiger charge is 2.16. The third-order valence-corrected chi connectivity index (χ3v) is 4.77. The number of aromatic nitrogens is 5. The van der Waals surface area contributed by atoms with E-state index < -0.39 is 12.0 Å². The Labute approximate surface area is 161 Å². The van der Waals surface area contributed by atoms with Gasteiger partial charge >= 0.3 is 0 Å². The topological polar surface area (TPSA) is 119 Å². The molecule has 0 fully saturated rings. The monoisotopic (exact) mass is 376 g/mol. The SMILES string of the molecule is CCC[C@H](O)c1cc(C)c(-c2cc3ccc(C(N)=O)nc3n3ncnc23)cn1. The lowest BCUT2D eigenvalue weighted by molar-refractivity contribution is 0.0996. The molecule has 1 atom stereocenters. The van der Waals surface area contributed by atoms with Crippen molar-refractivity contribution < 1.29 is 9.90 Å². The molecule has 0 spiro atoms. The van der Waals surface area contributed by atoms with Crippen LogP contribution in [0.2, 0.25) is 0 Å². The first kappa shape index (κ1) is 18.0. The van der Waals surface area contributed by atoms with Gasteiger partial charge in [-0.05, 0) is 43.2 Å². The minimum atomic E-state index is -0.597. The number of carbonyl (C=O) groups excluding carboxylic acids is 1. The predicted octanol–water partition coefficient (Wildman–Crippen LogP) is 2.58. The summed E-state index contributed by atoms with van der Waals surface area (Å²) in [6.07, 6.45) is 4.18. The zero-order valence-electron chi connectivity index (χ0n) is 15.6. The van der Waals surface area contributed by atoms with Gasteiger partial charge in [-0.1, -0.05) is 13.3 Å². The average Bonchev–Trinajstić information content (AvgIpc) is 3.17. The molecular weight excluding hydrogens is 356 g/mol. The number of hydrogen-bond acceptors (Lipinski definition) is 6. The summed E-state index contributed by atoms with van der Waals surface area (Å²) in [4.78, 5) is 24.6. The molecule has 0 saturated carbocycles. The Morgan fingerprint density at radius 1 is 1.21 bits per heavy atom. The van der Waals surface area contributed by atoms with Crippen LogP contribution in [0.3, 0.4) is 0 Å². The van der Waals surface area contributed by atoms with Crippen LogP contribution >= 0.6 is 0 Å². The van der Waals surface area contributed by atoms with Crippen LogP contribution in [-0.4, -0.2) is 35.6 Å². The average molecular weight is 376 g/mol. The van der Waals surface area contributed by atoms with Crippen molar-refractivity contribution in [3.05, 3.63) is 53.7 Å². The van der Waals surface area contributed by atoms with Crippen LogP contribution in [0.5, 0.6) is 0 Å². The molecule has 0 aliphatic carbocycles. The third kappa shape index (κ3) is 2.97. The molecule has 142 valence electrons. The van der Waals surface area contributed by atoms with Crippen molar-refractivity contribution in [2.45, 2.75) is 32.8 Å².